The molecule has 0 fully saturated rings. The summed E-state index contributed by atoms with van der Waals surface area (Å²) in [6.45, 7) is 3.39. The van der Waals surface area contributed by atoms with Crippen LogP contribution in [0.3, 0.4) is 0 Å². The zero-order valence-corrected chi connectivity index (χ0v) is 12.1. The molecule has 1 aromatic carbocycles. The zero-order valence-electron chi connectivity index (χ0n) is 11.4. The standard InChI is InChI=1S/C14H11ClFN3O2/c1-7-12-8(2)21-18-13(12)14(20)19(17-7)6-9-10(15)4-3-5-11(9)16/h3-5H,6H2,1-2H3. The van der Waals surface area contributed by atoms with Gasteiger partial charge in [0.05, 0.1) is 17.6 Å². The van der Waals surface area contributed by atoms with Crippen molar-refractivity contribution in [3.8, 4) is 0 Å². The highest BCUT2D eigenvalue weighted by molar-refractivity contribution is 6.31. The van der Waals surface area contributed by atoms with Crippen molar-refractivity contribution in [2.45, 2.75) is 20.4 Å². The highest BCUT2D eigenvalue weighted by Crippen LogP contribution is 2.21. The SMILES string of the molecule is Cc1nn(Cc2c(F)cccc2Cl)c(=O)c2noc(C)c12. The minimum Gasteiger partial charge on any atom is -0.360 e. The number of benzene rings is 1. The summed E-state index contributed by atoms with van der Waals surface area (Å²) in [5.41, 5.74) is 0.558. The van der Waals surface area contributed by atoms with Gasteiger partial charge in [0, 0.05) is 10.6 Å². The molecule has 0 atom stereocenters. The van der Waals surface area contributed by atoms with Crippen molar-refractivity contribution in [2.75, 3.05) is 0 Å². The van der Waals surface area contributed by atoms with E-state index < -0.39 is 11.4 Å². The number of rotatable bonds is 2. The summed E-state index contributed by atoms with van der Waals surface area (Å²) in [5, 5.41) is 8.78. The van der Waals surface area contributed by atoms with Gasteiger partial charge in [-0.2, -0.15) is 5.10 Å². The molecule has 0 radical (unpaired) electrons. The van der Waals surface area contributed by atoms with Crippen LogP contribution in [0, 0.1) is 19.7 Å². The minimum absolute atomic E-state index is 0.0625. The molecule has 3 rings (SSSR count). The Bertz CT molecular complexity index is 881. The maximum atomic E-state index is 13.8. The molecule has 5 nitrogen and oxygen atoms in total. The smallest absolute Gasteiger partial charge is 0.297 e. The molecule has 21 heavy (non-hydrogen) atoms. The first kappa shape index (κ1) is 13.8. The third kappa shape index (κ3) is 2.21. The second kappa shape index (κ2) is 4.96. The Labute approximate surface area is 123 Å². The van der Waals surface area contributed by atoms with Crippen LogP contribution in [-0.2, 0) is 6.54 Å². The molecule has 0 saturated heterocycles. The molecule has 0 amide bonds. The number of aromatic nitrogens is 3. The lowest BCUT2D eigenvalue weighted by molar-refractivity contribution is 0.405. The van der Waals surface area contributed by atoms with Crippen LogP contribution in [-0.4, -0.2) is 14.9 Å². The van der Waals surface area contributed by atoms with Crippen LogP contribution >= 0.6 is 11.6 Å². The van der Waals surface area contributed by atoms with E-state index in [4.69, 9.17) is 16.1 Å². The van der Waals surface area contributed by atoms with Gasteiger partial charge in [-0.3, -0.25) is 4.79 Å². The first-order chi connectivity index (χ1) is 9.99. The highest BCUT2D eigenvalue weighted by Gasteiger charge is 2.16. The summed E-state index contributed by atoms with van der Waals surface area (Å²) in [6.07, 6.45) is 0. The monoisotopic (exact) mass is 307 g/mol. The Kier molecular flexibility index (Phi) is 3.25. The van der Waals surface area contributed by atoms with Gasteiger partial charge >= 0.3 is 0 Å². The van der Waals surface area contributed by atoms with E-state index in [1.165, 1.54) is 12.1 Å². The normalized spacial score (nSPS) is 11.2. The number of nitrogens with zero attached hydrogens (tertiary/aromatic N) is 3. The Hall–Kier alpha value is -2.21. The fraction of sp³-hybridized carbons (Fsp3) is 0.214. The molecule has 108 valence electrons. The number of fused-ring (bicyclic) bond motifs is 1. The van der Waals surface area contributed by atoms with Gasteiger partial charge in [0.1, 0.15) is 11.6 Å². The van der Waals surface area contributed by atoms with Gasteiger partial charge in [-0.25, -0.2) is 9.07 Å². The average molecular weight is 308 g/mol. The fourth-order valence-corrected chi connectivity index (χ4v) is 2.51. The molecular formula is C14H11ClFN3O2. The van der Waals surface area contributed by atoms with E-state index in [0.29, 0.717) is 16.8 Å². The molecule has 0 aliphatic rings. The van der Waals surface area contributed by atoms with Crippen LogP contribution in [0.15, 0.2) is 27.5 Å². The van der Waals surface area contributed by atoms with Crippen LogP contribution in [0.1, 0.15) is 17.0 Å². The van der Waals surface area contributed by atoms with Gasteiger partial charge < -0.3 is 4.52 Å². The second-order valence-corrected chi connectivity index (χ2v) is 5.12. The summed E-state index contributed by atoms with van der Waals surface area (Å²) in [6, 6.07) is 4.36. The molecular weight excluding hydrogens is 297 g/mol. The molecule has 0 saturated carbocycles. The molecule has 0 aliphatic carbocycles. The topological polar surface area (TPSA) is 60.9 Å². The average Bonchev–Trinajstić information content (AvgIpc) is 2.82. The van der Waals surface area contributed by atoms with Crippen molar-refractivity contribution in [2.24, 2.45) is 0 Å². The summed E-state index contributed by atoms with van der Waals surface area (Å²) in [4.78, 5) is 12.3. The quantitative estimate of drug-likeness (QED) is 0.730. The van der Waals surface area contributed by atoms with Gasteiger partial charge in [-0.15, -0.1) is 0 Å². The molecule has 2 aromatic heterocycles. The Morgan fingerprint density at radius 1 is 1.38 bits per heavy atom. The van der Waals surface area contributed by atoms with E-state index in [9.17, 15) is 9.18 Å². The molecule has 0 aliphatic heterocycles. The van der Waals surface area contributed by atoms with Gasteiger partial charge in [0.2, 0.25) is 0 Å². The van der Waals surface area contributed by atoms with Crippen molar-refractivity contribution in [3.63, 3.8) is 0 Å². The zero-order chi connectivity index (χ0) is 15.1. The van der Waals surface area contributed by atoms with E-state index in [1.54, 1.807) is 19.9 Å². The maximum Gasteiger partial charge on any atom is 0.297 e. The summed E-state index contributed by atoms with van der Waals surface area (Å²) in [7, 11) is 0. The molecule has 0 spiro atoms. The van der Waals surface area contributed by atoms with Gasteiger partial charge in [0.25, 0.3) is 5.56 Å². The summed E-state index contributed by atoms with van der Waals surface area (Å²) in [5.74, 6) is 0.0495. The van der Waals surface area contributed by atoms with Crippen molar-refractivity contribution >= 4 is 22.5 Å². The summed E-state index contributed by atoms with van der Waals surface area (Å²) >= 11 is 5.98. The Morgan fingerprint density at radius 2 is 2.14 bits per heavy atom. The molecule has 0 N–H and O–H groups in total. The maximum absolute atomic E-state index is 13.8. The third-order valence-electron chi connectivity index (χ3n) is 3.30. The Morgan fingerprint density at radius 3 is 2.86 bits per heavy atom. The van der Waals surface area contributed by atoms with Gasteiger partial charge in [-0.1, -0.05) is 22.8 Å². The van der Waals surface area contributed by atoms with Crippen LogP contribution in [0.25, 0.3) is 10.9 Å². The van der Waals surface area contributed by atoms with E-state index in [1.807, 2.05) is 0 Å². The van der Waals surface area contributed by atoms with Crippen LogP contribution < -0.4 is 5.56 Å². The fourth-order valence-electron chi connectivity index (χ4n) is 2.28. The number of halogens is 2. The lowest BCUT2D eigenvalue weighted by Crippen LogP contribution is -2.25. The second-order valence-electron chi connectivity index (χ2n) is 4.71. The van der Waals surface area contributed by atoms with E-state index in [-0.39, 0.29) is 22.6 Å². The lowest BCUT2D eigenvalue weighted by Gasteiger charge is -2.08. The van der Waals surface area contributed by atoms with Gasteiger partial charge in [-0.05, 0) is 26.0 Å². The molecule has 7 heteroatoms. The molecule has 2 heterocycles. The predicted molar refractivity (Wildman–Crippen MR) is 76.1 cm³/mol. The molecule has 0 bridgehead atoms. The third-order valence-corrected chi connectivity index (χ3v) is 3.66. The van der Waals surface area contributed by atoms with E-state index >= 15 is 0 Å². The minimum atomic E-state index is -0.481. The first-order valence-electron chi connectivity index (χ1n) is 6.25. The van der Waals surface area contributed by atoms with Crippen LogP contribution in [0.5, 0.6) is 0 Å². The lowest BCUT2D eigenvalue weighted by atomic mass is 10.2. The summed E-state index contributed by atoms with van der Waals surface area (Å²) < 4.78 is 20.0. The van der Waals surface area contributed by atoms with E-state index in [2.05, 4.69) is 10.3 Å². The van der Waals surface area contributed by atoms with Crippen molar-refractivity contribution < 1.29 is 8.91 Å². The van der Waals surface area contributed by atoms with Crippen molar-refractivity contribution in [1.29, 1.82) is 0 Å². The van der Waals surface area contributed by atoms with E-state index in [0.717, 1.165) is 4.68 Å². The molecule has 0 unspecified atom stereocenters. The van der Waals surface area contributed by atoms with Crippen molar-refractivity contribution in [3.05, 3.63) is 56.4 Å². The largest absolute Gasteiger partial charge is 0.360 e. The van der Waals surface area contributed by atoms with Gasteiger partial charge in [0.15, 0.2) is 5.52 Å². The number of hydrogen-bond donors (Lipinski definition) is 0. The van der Waals surface area contributed by atoms with Crippen LogP contribution in [0.4, 0.5) is 4.39 Å². The number of aryl methyl sites for hydroxylation is 2. The highest BCUT2D eigenvalue weighted by atomic mass is 35.5. The Balaban J connectivity index is 2.18. The molecule has 3 aromatic rings. The van der Waals surface area contributed by atoms with Crippen LogP contribution in [0.2, 0.25) is 5.02 Å². The number of hydrogen-bond acceptors (Lipinski definition) is 4. The first-order valence-corrected chi connectivity index (χ1v) is 6.63. The predicted octanol–water partition coefficient (Wildman–Crippen LogP) is 2.84. The van der Waals surface area contributed by atoms with Crippen molar-refractivity contribution in [1.82, 2.24) is 14.9 Å².